The molecule has 1 atom stereocenters. The van der Waals surface area contributed by atoms with Gasteiger partial charge in [-0.1, -0.05) is 17.7 Å². The topological polar surface area (TPSA) is 24.9 Å². The highest BCUT2D eigenvalue weighted by atomic mass is 35.5. The average Bonchev–Trinajstić information content (AvgIpc) is 2.04. The molecule has 1 N–H and O–H groups in total. The maximum atomic E-state index is 5.79. The van der Waals surface area contributed by atoms with Crippen LogP contribution < -0.4 is 5.32 Å². The van der Waals surface area contributed by atoms with Crippen molar-refractivity contribution < 1.29 is 0 Å². The van der Waals surface area contributed by atoms with Gasteiger partial charge in [-0.2, -0.15) is 0 Å². The number of fused-ring (bicyclic) bond motifs is 1. The third-order valence-electron chi connectivity index (χ3n) is 2.25. The Morgan fingerprint density at radius 3 is 3.25 bits per heavy atom. The van der Waals surface area contributed by atoms with Crippen LogP contribution >= 0.6 is 11.6 Å². The molecule has 0 fully saturated rings. The number of hydrogen-bond donors (Lipinski definition) is 1. The second-order valence-electron chi connectivity index (χ2n) is 3.10. The second-order valence-corrected chi connectivity index (χ2v) is 3.48. The number of rotatable bonds is 0. The summed E-state index contributed by atoms with van der Waals surface area (Å²) in [6, 6.07) is 4.32. The van der Waals surface area contributed by atoms with E-state index in [0.717, 1.165) is 18.7 Å². The molecule has 0 spiro atoms. The van der Waals surface area contributed by atoms with Crippen LogP contribution in [-0.2, 0) is 6.42 Å². The van der Waals surface area contributed by atoms with Gasteiger partial charge in [-0.25, -0.2) is 4.98 Å². The molecule has 0 saturated carbocycles. The largest absolute Gasteiger partial charge is 0.310 e. The van der Waals surface area contributed by atoms with Crippen molar-refractivity contribution >= 4 is 11.6 Å². The van der Waals surface area contributed by atoms with E-state index in [1.54, 1.807) is 0 Å². The molecular weight excluding hydrogens is 172 g/mol. The van der Waals surface area contributed by atoms with Crippen molar-refractivity contribution in [2.45, 2.75) is 19.4 Å². The molecule has 0 aliphatic carbocycles. The molecule has 0 saturated heterocycles. The van der Waals surface area contributed by atoms with Gasteiger partial charge in [-0.15, -0.1) is 0 Å². The summed E-state index contributed by atoms with van der Waals surface area (Å²) in [6.45, 7) is 3.15. The first-order valence-electron chi connectivity index (χ1n) is 4.16. The third kappa shape index (κ3) is 1.32. The van der Waals surface area contributed by atoms with E-state index in [9.17, 15) is 0 Å². The van der Waals surface area contributed by atoms with Gasteiger partial charge in [-0.05, 0) is 18.6 Å². The van der Waals surface area contributed by atoms with E-state index in [0.29, 0.717) is 11.2 Å². The van der Waals surface area contributed by atoms with Gasteiger partial charge in [0.1, 0.15) is 5.15 Å². The highest BCUT2D eigenvalue weighted by molar-refractivity contribution is 6.29. The molecule has 12 heavy (non-hydrogen) atoms. The van der Waals surface area contributed by atoms with Gasteiger partial charge in [0, 0.05) is 24.7 Å². The molecule has 64 valence electrons. The predicted octanol–water partition coefficient (Wildman–Crippen LogP) is 1.94. The van der Waals surface area contributed by atoms with Crippen LogP contribution in [0.3, 0.4) is 0 Å². The van der Waals surface area contributed by atoms with Crippen LogP contribution in [0.5, 0.6) is 0 Å². The lowest BCUT2D eigenvalue weighted by atomic mass is 10.0. The summed E-state index contributed by atoms with van der Waals surface area (Å²) in [5.74, 6) is 0. The molecule has 1 aliphatic rings. The predicted molar refractivity (Wildman–Crippen MR) is 49.4 cm³/mol. The SMILES string of the molecule is CC1NCCc2nc(Cl)ccc21. The quantitative estimate of drug-likeness (QED) is 0.621. The molecule has 1 unspecified atom stereocenters. The smallest absolute Gasteiger partial charge is 0.129 e. The van der Waals surface area contributed by atoms with Crippen LogP contribution in [-0.4, -0.2) is 11.5 Å². The summed E-state index contributed by atoms with van der Waals surface area (Å²) in [4.78, 5) is 4.29. The van der Waals surface area contributed by atoms with Crippen LogP contribution in [0.15, 0.2) is 12.1 Å². The Bertz CT molecular complexity index is 299. The minimum atomic E-state index is 0.415. The van der Waals surface area contributed by atoms with E-state index in [4.69, 9.17) is 11.6 Å². The fourth-order valence-electron chi connectivity index (χ4n) is 1.60. The lowest BCUT2D eigenvalue weighted by Gasteiger charge is -2.22. The number of nitrogens with zero attached hydrogens (tertiary/aromatic N) is 1. The molecular formula is C9H11ClN2. The number of hydrogen-bond acceptors (Lipinski definition) is 2. The average molecular weight is 183 g/mol. The second kappa shape index (κ2) is 3.04. The standard InChI is InChI=1S/C9H11ClN2/c1-6-7-2-3-9(10)12-8(7)4-5-11-6/h2-3,6,11H,4-5H2,1H3. The molecule has 2 rings (SSSR count). The molecule has 1 aromatic rings. The van der Waals surface area contributed by atoms with Crippen molar-refractivity contribution in [3.8, 4) is 0 Å². The zero-order valence-corrected chi connectivity index (χ0v) is 7.73. The summed E-state index contributed by atoms with van der Waals surface area (Å²) >= 11 is 5.79. The van der Waals surface area contributed by atoms with Crippen molar-refractivity contribution in [2.24, 2.45) is 0 Å². The molecule has 2 nitrogen and oxygen atoms in total. The highest BCUT2D eigenvalue weighted by Crippen LogP contribution is 2.22. The highest BCUT2D eigenvalue weighted by Gasteiger charge is 2.16. The van der Waals surface area contributed by atoms with Crippen molar-refractivity contribution in [1.29, 1.82) is 0 Å². The Labute approximate surface area is 77.0 Å². The van der Waals surface area contributed by atoms with E-state index in [1.165, 1.54) is 5.56 Å². The van der Waals surface area contributed by atoms with Gasteiger partial charge in [0.15, 0.2) is 0 Å². The van der Waals surface area contributed by atoms with E-state index in [1.807, 2.05) is 6.07 Å². The summed E-state index contributed by atoms with van der Waals surface area (Å²) in [5.41, 5.74) is 2.43. The van der Waals surface area contributed by atoms with Gasteiger partial charge in [-0.3, -0.25) is 0 Å². The van der Waals surface area contributed by atoms with Gasteiger partial charge >= 0.3 is 0 Å². The van der Waals surface area contributed by atoms with Crippen molar-refractivity contribution in [3.05, 3.63) is 28.5 Å². The number of aromatic nitrogens is 1. The first kappa shape index (κ1) is 8.02. The summed E-state index contributed by atoms with van der Waals surface area (Å²) in [7, 11) is 0. The molecule has 0 amide bonds. The van der Waals surface area contributed by atoms with Gasteiger partial charge in [0.25, 0.3) is 0 Å². The third-order valence-corrected chi connectivity index (χ3v) is 2.46. The fraction of sp³-hybridized carbons (Fsp3) is 0.444. The first-order chi connectivity index (χ1) is 5.77. The fourth-order valence-corrected chi connectivity index (χ4v) is 1.76. The van der Waals surface area contributed by atoms with Gasteiger partial charge < -0.3 is 5.32 Å². The lowest BCUT2D eigenvalue weighted by molar-refractivity contribution is 0.532. The van der Waals surface area contributed by atoms with Crippen LogP contribution in [0.4, 0.5) is 0 Å². The van der Waals surface area contributed by atoms with Crippen molar-refractivity contribution in [1.82, 2.24) is 10.3 Å². The van der Waals surface area contributed by atoms with E-state index < -0.39 is 0 Å². The monoisotopic (exact) mass is 182 g/mol. The van der Waals surface area contributed by atoms with Crippen LogP contribution in [0.25, 0.3) is 0 Å². The summed E-state index contributed by atoms with van der Waals surface area (Å²) < 4.78 is 0. The Kier molecular flexibility index (Phi) is 2.03. The zero-order valence-electron chi connectivity index (χ0n) is 6.97. The Hall–Kier alpha value is -0.600. The Morgan fingerprint density at radius 1 is 1.58 bits per heavy atom. The minimum absolute atomic E-state index is 0.415. The Morgan fingerprint density at radius 2 is 2.42 bits per heavy atom. The van der Waals surface area contributed by atoms with Crippen molar-refractivity contribution in [2.75, 3.05) is 6.54 Å². The molecule has 0 bridgehead atoms. The number of halogens is 1. The molecule has 0 radical (unpaired) electrons. The Balaban J connectivity index is 2.46. The van der Waals surface area contributed by atoms with E-state index in [-0.39, 0.29) is 0 Å². The van der Waals surface area contributed by atoms with Crippen LogP contribution in [0.2, 0.25) is 5.15 Å². The van der Waals surface area contributed by atoms with E-state index in [2.05, 4.69) is 23.3 Å². The number of nitrogens with one attached hydrogen (secondary N) is 1. The molecule has 1 aliphatic heterocycles. The maximum Gasteiger partial charge on any atom is 0.129 e. The first-order valence-corrected chi connectivity index (χ1v) is 4.54. The zero-order chi connectivity index (χ0) is 8.55. The molecule has 2 heterocycles. The van der Waals surface area contributed by atoms with E-state index >= 15 is 0 Å². The van der Waals surface area contributed by atoms with Crippen molar-refractivity contribution in [3.63, 3.8) is 0 Å². The van der Waals surface area contributed by atoms with Gasteiger partial charge in [0.2, 0.25) is 0 Å². The minimum Gasteiger partial charge on any atom is -0.310 e. The normalized spacial score (nSPS) is 22.0. The van der Waals surface area contributed by atoms with Gasteiger partial charge in [0.05, 0.1) is 0 Å². The molecule has 3 heteroatoms. The molecule has 1 aromatic heterocycles. The lowest BCUT2D eigenvalue weighted by Crippen LogP contribution is -2.28. The maximum absolute atomic E-state index is 5.79. The molecule has 0 aromatic carbocycles. The summed E-state index contributed by atoms with van der Waals surface area (Å²) in [6.07, 6.45) is 0.986. The van der Waals surface area contributed by atoms with Crippen LogP contribution in [0, 0.1) is 0 Å². The summed E-state index contributed by atoms with van der Waals surface area (Å²) in [5, 5.41) is 3.97. The van der Waals surface area contributed by atoms with Crippen LogP contribution in [0.1, 0.15) is 24.2 Å². The number of pyridine rings is 1.